The Kier molecular flexibility index (Phi) is 8.72. The Morgan fingerprint density at radius 1 is 1.09 bits per heavy atom. The highest BCUT2D eigenvalue weighted by molar-refractivity contribution is 8.26. The number of nitriles is 1. The van der Waals surface area contributed by atoms with Gasteiger partial charge in [-0.1, -0.05) is 69.4 Å². The molecule has 1 amide bonds. The fourth-order valence-electron chi connectivity index (χ4n) is 5.56. The summed E-state index contributed by atoms with van der Waals surface area (Å²) in [5.74, 6) is 0.836. The lowest BCUT2D eigenvalue weighted by Crippen LogP contribution is -2.39. The monoisotopic (exact) mass is 512 g/mol. The molecule has 35 heavy (non-hydrogen) atoms. The van der Waals surface area contributed by atoms with Crippen molar-refractivity contribution in [1.82, 2.24) is 9.47 Å². The average molecular weight is 513 g/mol. The predicted octanol–water partition coefficient (Wildman–Crippen LogP) is 5.74. The number of anilines is 1. The molecule has 2 saturated heterocycles. The summed E-state index contributed by atoms with van der Waals surface area (Å²) in [6, 6.07) is 2.34. The van der Waals surface area contributed by atoms with E-state index in [0.717, 1.165) is 75.8 Å². The summed E-state index contributed by atoms with van der Waals surface area (Å²) in [5.41, 5.74) is 1.44. The number of thiocarbonyl (C=S) groups is 1. The van der Waals surface area contributed by atoms with Gasteiger partial charge in [-0.05, 0) is 50.7 Å². The highest BCUT2D eigenvalue weighted by Gasteiger charge is 2.38. The van der Waals surface area contributed by atoms with Crippen molar-refractivity contribution >= 4 is 46.1 Å². The van der Waals surface area contributed by atoms with Crippen LogP contribution in [0, 0.1) is 18.3 Å². The molecule has 0 aromatic carbocycles. The molecule has 1 saturated carbocycles. The molecule has 1 aliphatic carbocycles. The molecular weight excluding hydrogens is 476 g/mol. The van der Waals surface area contributed by atoms with Crippen LogP contribution in [0.5, 0.6) is 0 Å². The second kappa shape index (κ2) is 11.7. The van der Waals surface area contributed by atoms with Gasteiger partial charge in [0.25, 0.3) is 11.5 Å². The fraction of sp³-hybridized carbons (Fsp3) is 0.630. The maximum absolute atomic E-state index is 13.6. The number of hydrogen-bond acceptors (Lipinski definition) is 6. The molecule has 3 fully saturated rings. The summed E-state index contributed by atoms with van der Waals surface area (Å²) < 4.78 is 2.43. The van der Waals surface area contributed by atoms with Crippen LogP contribution < -0.4 is 10.5 Å². The third kappa shape index (κ3) is 5.36. The summed E-state index contributed by atoms with van der Waals surface area (Å²) in [5, 5.41) is 9.89. The van der Waals surface area contributed by atoms with Crippen LogP contribution in [-0.2, 0) is 11.3 Å². The van der Waals surface area contributed by atoms with Crippen LogP contribution in [0.1, 0.15) is 94.2 Å². The summed E-state index contributed by atoms with van der Waals surface area (Å²) in [6.07, 6.45) is 13.7. The SMILES string of the molecule is CCCCn1c(N2CCCCCC2)c(C=C2SC(=S)N(C3CCCCC3)C2=O)c(C)c(C#N)c1=O. The lowest BCUT2D eigenvalue weighted by atomic mass is 9.94. The van der Waals surface area contributed by atoms with Crippen molar-refractivity contribution < 1.29 is 4.79 Å². The van der Waals surface area contributed by atoms with E-state index in [-0.39, 0.29) is 23.1 Å². The zero-order valence-electron chi connectivity index (χ0n) is 21.0. The van der Waals surface area contributed by atoms with Gasteiger partial charge in [-0.2, -0.15) is 5.26 Å². The van der Waals surface area contributed by atoms with E-state index in [1.54, 1.807) is 4.57 Å². The second-order valence-electron chi connectivity index (χ2n) is 9.90. The molecular formula is C27H36N4O2S2. The Balaban J connectivity index is 1.84. The standard InChI is InChI=1S/C27H36N4O2S2/c1-3-4-16-30-24(29-14-10-5-6-11-15-29)21(19(2)22(18-28)25(30)32)17-23-26(33)31(27(34)35-23)20-12-8-7-9-13-20/h17,20H,3-16H2,1-2H3. The zero-order chi connectivity index (χ0) is 24.9. The van der Waals surface area contributed by atoms with Crippen LogP contribution in [0.2, 0.25) is 0 Å². The van der Waals surface area contributed by atoms with E-state index in [9.17, 15) is 14.9 Å². The molecule has 1 aromatic rings. The number of aromatic nitrogens is 1. The van der Waals surface area contributed by atoms with Crippen molar-refractivity contribution in [3.05, 3.63) is 31.9 Å². The van der Waals surface area contributed by atoms with Gasteiger partial charge in [0.2, 0.25) is 0 Å². The lowest BCUT2D eigenvalue weighted by Gasteiger charge is -2.30. The smallest absolute Gasteiger partial charge is 0.270 e. The Labute approximate surface area is 218 Å². The number of carbonyl (C=O) groups is 1. The first-order chi connectivity index (χ1) is 17.0. The van der Waals surface area contributed by atoms with E-state index in [2.05, 4.69) is 17.9 Å². The molecule has 188 valence electrons. The molecule has 0 spiro atoms. The summed E-state index contributed by atoms with van der Waals surface area (Å²) in [6.45, 7) is 6.27. The topological polar surface area (TPSA) is 69.3 Å². The summed E-state index contributed by atoms with van der Waals surface area (Å²) in [7, 11) is 0. The van der Waals surface area contributed by atoms with E-state index in [0.29, 0.717) is 21.3 Å². The molecule has 8 heteroatoms. The lowest BCUT2D eigenvalue weighted by molar-refractivity contribution is -0.124. The fourth-order valence-corrected chi connectivity index (χ4v) is 6.94. The molecule has 4 rings (SSSR count). The minimum absolute atomic E-state index is 0.0297. The number of carbonyl (C=O) groups excluding carboxylic acids is 1. The van der Waals surface area contributed by atoms with E-state index < -0.39 is 0 Å². The van der Waals surface area contributed by atoms with Crippen LogP contribution in [0.15, 0.2) is 9.70 Å². The number of pyridine rings is 1. The minimum Gasteiger partial charge on any atom is -0.357 e. The maximum Gasteiger partial charge on any atom is 0.270 e. The van der Waals surface area contributed by atoms with Gasteiger partial charge in [0.1, 0.15) is 21.8 Å². The molecule has 0 atom stereocenters. The molecule has 2 aliphatic heterocycles. The predicted molar refractivity (Wildman–Crippen MR) is 148 cm³/mol. The molecule has 0 bridgehead atoms. The van der Waals surface area contributed by atoms with Gasteiger partial charge in [0, 0.05) is 31.2 Å². The first kappa shape index (κ1) is 26.0. The third-order valence-electron chi connectivity index (χ3n) is 7.53. The van der Waals surface area contributed by atoms with E-state index in [4.69, 9.17) is 12.2 Å². The Morgan fingerprint density at radius 2 is 1.74 bits per heavy atom. The first-order valence-electron chi connectivity index (χ1n) is 13.2. The number of hydrogen-bond donors (Lipinski definition) is 0. The van der Waals surface area contributed by atoms with Crippen molar-refractivity contribution in [3.63, 3.8) is 0 Å². The van der Waals surface area contributed by atoms with Crippen molar-refractivity contribution in [3.8, 4) is 6.07 Å². The molecule has 1 aromatic heterocycles. The van der Waals surface area contributed by atoms with Crippen LogP contribution in [-0.4, -0.2) is 38.8 Å². The molecule has 3 heterocycles. The van der Waals surface area contributed by atoms with Crippen LogP contribution in [0.3, 0.4) is 0 Å². The van der Waals surface area contributed by atoms with Gasteiger partial charge < -0.3 is 4.90 Å². The van der Waals surface area contributed by atoms with E-state index in [1.165, 1.54) is 31.0 Å². The largest absolute Gasteiger partial charge is 0.357 e. The van der Waals surface area contributed by atoms with Gasteiger partial charge in [-0.3, -0.25) is 19.1 Å². The highest BCUT2D eigenvalue weighted by atomic mass is 32.2. The molecule has 0 unspecified atom stereocenters. The number of rotatable bonds is 6. The van der Waals surface area contributed by atoms with Crippen LogP contribution in [0.4, 0.5) is 5.82 Å². The van der Waals surface area contributed by atoms with E-state index >= 15 is 0 Å². The number of thioether (sulfide) groups is 1. The van der Waals surface area contributed by atoms with E-state index in [1.807, 2.05) is 17.9 Å². The van der Waals surface area contributed by atoms with Crippen molar-refractivity contribution in [2.45, 2.75) is 97.1 Å². The zero-order valence-corrected chi connectivity index (χ0v) is 22.6. The summed E-state index contributed by atoms with van der Waals surface area (Å²) in [4.78, 5) is 31.7. The third-order valence-corrected chi connectivity index (χ3v) is 8.86. The second-order valence-corrected chi connectivity index (χ2v) is 11.6. The van der Waals surface area contributed by atoms with Gasteiger partial charge >= 0.3 is 0 Å². The maximum atomic E-state index is 13.6. The van der Waals surface area contributed by atoms with Gasteiger partial charge in [0.15, 0.2) is 0 Å². The minimum atomic E-state index is -0.218. The Hall–Kier alpha value is -2.11. The van der Waals surface area contributed by atoms with Crippen LogP contribution >= 0.6 is 24.0 Å². The van der Waals surface area contributed by atoms with Crippen molar-refractivity contribution in [2.24, 2.45) is 0 Å². The van der Waals surface area contributed by atoms with Crippen molar-refractivity contribution in [2.75, 3.05) is 18.0 Å². The van der Waals surface area contributed by atoms with Crippen LogP contribution in [0.25, 0.3) is 6.08 Å². The number of amides is 1. The molecule has 3 aliphatic rings. The first-order valence-corrected chi connectivity index (χ1v) is 14.4. The number of unbranched alkanes of at least 4 members (excludes halogenated alkanes) is 1. The molecule has 0 N–H and O–H groups in total. The summed E-state index contributed by atoms with van der Waals surface area (Å²) >= 11 is 7.02. The highest BCUT2D eigenvalue weighted by Crippen LogP contribution is 2.39. The Morgan fingerprint density at radius 3 is 2.37 bits per heavy atom. The molecule has 6 nitrogen and oxygen atoms in total. The van der Waals surface area contributed by atoms with Gasteiger partial charge in [-0.15, -0.1) is 0 Å². The normalized spacial score (nSPS) is 21.0. The Bertz CT molecular complexity index is 1100. The van der Waals surface area contributed by atoms with Gasteiger partial charge in [-0.25, -0.2) is 0 Å². The van der Waals surface area contributed by atoms with Gasteiger partial charge in [0.05, 0.1) is 4.91 Å². The molecule has 0 radical (unpaired) electrons. The number of nitrogens with zero attached hydrogens (tertiary/aromatic N) is 4. The van der Waals surface area contributed by atoms with Crippen molar-refractivity contribution in [1.29, 1.82) is 5.26 Å². The average Bonchev–Trinajstić information content (AvgIpc) is 3.01. The quantitative estimate of drug-likeness (QED) is 0.357.